The van der Waals surface area contributed by atoms with E-state index < -0.39 is 11.8 Å². The number of ether oxygens (including phenoxy) is 1. The molecule has 1 fully saturated rings. The summed E-state index contributed by atoms with van der Waals surface area (Å²) >= 11 is 3.05. The summed E-state index contributed by atoms with van der Waals surface area (Å²) in [5.41, 5.74) is 2.16. The number of anilines is 1. The molecule has 144 valence electrons. The number of hydrogen-bond acceptors (Lipinski definition) is 7. The number of amidine groups is 1. The Morgan fingerprint density at radius 3 is 2.81 bits per heavy atom. The van der Waals surface area contributed by atoms with E-state index in [1.54, 1.807) is 0 Å². The van der Waals surface area contributed by atoms with Gasteiger partial charge in [0.05, 0.1) is 10.2 Å². The molecule has 2 amide bonds. The second-order valence-corrected chi connectivity index (χ2v) is 6.47. The van der Waals surface area contributed by atoms with E-state index in [1.807, 2.05) is 5.48 Å². The fourth-order valence-corrected chi connectivity index (χ4v) is 2.78. The zero-order valence-electron chi connectivity index (χ0n) is 13.9. The minimum Gasteiger partial charge on any atom is -0.381 e. The van der Waals surface area contributed by atoms with Crippen molar-refractivity contribution in [1.82, 2.24) is 21.1 Å². The van der Waals surface area contributed by atoms with Gasteiger partial charge in [0.1, 0.15) is 5.82 Å². The molecule has 1 saturated heterocycles. The van der Waals surface area contributed by atoms with E-state index in [4.69, 9.17) is 4.74 Å². The number of rotatable bonds is 4. The predicted molar refractivity (Wildman–Crippen MR) is 95.5 cm³/mol. The molecular weight excluding hydrogens is 427 g/mol. The minimum absolute atomic E-state index is 0.0114. The topological polar surface area (TPSA) is 134 Å². The number of amides is 2. The normalized spacial score (nSPS) is 15.4. The first kappa shape index (κ1) is 19.2. The number of carbonyl (C=O) groups is 1. The zero-order chi connectivity index (χ0) is 19.2. The monoisotopic (exact) mass is 442 g/mol. The standard InChI is InChI=1S/C15H16BrFN6O4/c16-10-7-9(1-2-11(10)17)18-13(21-25)12-14(23-27-22-12)20-15(24)19-8-3-5-26-6-4-8/h1-2,7-8,25H,3-6H2,(H,18,21)(H2,19,20,23,24). The van der Waals surface area contributed by atoms with E-state index in [9.17, 15) is 14.4 Å². The molecule has 1 aromatic heterocycles. The molecule has 0 unspecified atom stereocenters. The van der Waals surface area contributed by atoms with Crippen LogP contribution in [0.3, 0.4) is 0 Å². The van der Waals surface area contributed by atoms with E-state index in [0.717, 1.165) is 0 Å². The number of hydroxylamine groups is 1. The van der Waals surface area contributed by atoms with Crippen molar-refractivity contribution in [1.29, 1.82) is 0 Å². The van der Waals surface area contributed by atoms with Gasteiger partial charge in [-0.25, -0.2) is 18.8 Å². The first-order valence-corrected chi connectivity index (χ1v) is 8.78. The van der Waals surface area contributed by atoms with E-state index in [1.165, 1.54) is 18.2 Å². The first-order valence-electron chi connectivity index (χ1n) is 7.99. The Balaban J connectivity index is 1.74. The molecule has 0 aliphatic carbocycles. The summed E-state index contributed by atoms with van der Waals surface area (Å²) in [6.45, 7) is 1.17. The Morgan fingerprint density at radius 1 is 1.33 bits per heavy atom. The highest BCUT2D eigenvalue weighted by molar-refractivity contribution is 9.10. The van der Waals surface area contributed by atoms with Gasteiger partial charge in [0.15, 0.2) is 11.5 Å². The molecule has 0 spiro atoms. The average molecular weight is 443 g/mol. The van der Waals surface area contributed by atoms with Crippen LogP contribution in [-0.2, 0) is 4.74 Å². The second kappa shape index (κ2) is 8.88. The Hall–Kier alpha value is -2.57. The average Bonchev–Trinajstić information content (AvgIpc) is 3.11. The fourth-order valence-electron chi connectivity index (χ4n) is 2.41. The fraction of sp³-hybridized carbons (Fsp3) is 0.333. The number of aliphatic imine (C=N–C) groups is 1. The van der Waals surface area contributed by atoms with Crippen molar-refractivity contribution in [3.8, 4) is 0 Å². The molecule has 2 aromatic rings. The number of halogens is 2. The molecule has 10 nitrogen and oxygen atoms in total. The third-order valence-electron chi connectivity index (χ3n) is 3.75. The van der Waals surface area contributed by atoms with Gasteiger partial charge in [-0.3, -0.25) is 16.0 Å². The number of hydrogen-bond donors (Lipinski definition) is 4. The smallest absolute Gasteiger partial charge is 0.320 e. The molecule has 12 heteroatoms. The summed E-state index contributed by atoms with van der Waals surface area (Å²) in [5, 5.41) is 21.9. The summed E-state index contributed by atoms with van der Waals surface area (Å²) in [4.78, 5) is 16.3. The van der Waals surface area contributed by atoms with Crippen LogP contribution in [0.15, 0.2) is 32.3 Å². The van der Waals surface area contributed by atoms with Crippen molar-refractivity contribution in [2.24, 2.45) is 4.99 Å². The lowest BCUT2D eigenvalue weighted by atomic mass is 10.1. The van der Waals surface area contributed by atoms with Crippen LogP contribution >= 0.6 is 15.9 Å². The van der Waals surface area contributed by atoms with Crippen LogP contribution in [0, 0.1) is 5.82 Å². The third kappa shape index (κ3) is 4.99. The molecule has 0 saturated carbocycles. The SMILES string of the molecule is O=C(Nc1nonc1C(=Nc1ccc(F)c(Br)c1)NO)NC1CCOCC1. The number of urea groups is 1. The van der Waals surface area contributed by atoms with Gasteiger partial charge in [-0.15, -0.1) is 0 Å². The van der Waals surface area contributed by atoms with Crippen molar-refractivity contribution in [3.63, 3.8) is 0 Å². The van der Waals surface area contributed by atoms with E-state index in [0.29, 0.717) is 31.7 Å². The quantitative estimate of drug-likeness (QED) is 0.324. The molecule has 1 aliphatic rings. The van der Waals surface area contributed by atoms with E-state index >= 15 is 0 Å². The molecule has 0 radical (unpaired) electrons. The molecule has 1 aromatic carbocycles. The van der Waals surface area contributed by atoms with Crippen molar-refractivity contribution < 1.29 is 23.8 Å². The predicted octanol–water partition coefficient (Wildman–Crippen LogP) is 2.33. The maximum Gasteiger partial charge on any atom is 0.320 e. The van der Waals surface area contributed by atoms with Crippen LogP contribution in [0.5, 0.6) is 0 Å². The molecule has 3 rings (SSSR count). The largest absolute Gasteiger partial charge is 0.381 e. The number of carbonyl (C=O) groups excluding carboxylic acids is 1. The van der Waals surface area contributed by atoms with Crippen molar-refractivity contribution in [2.75, 3.05) is 18.5 Å². The van der Waals surface area contributed by atoms with Gasteiger partial charge in [0, 0.05) is 19.3 Å². The third-order valence-corrected chi connectivity index (χ3v) is 4.36. The van der Waals surface area contributed by atoms with Crippen LogP contribution in [0.1, 0.15) is 18.5 Å². The van der Waals surface area contributed by atoms with E-state index in [-0.39, 0.29) is 27.9 Å². The van der Waals surface area contributed by atoms with Crippen LogP contribution in [-0.4, -0.2) is 46.6 Å². The number of benzene rings is 1. The van der Waals surface area contributed by atoms with Gasteiger partial charge in [0.2, 0.25) is 5.82 Å². The minimum atomic E-state index is -0.499. The molecule has 27 heavy (non-hydrogen) atoms. The highest BCUT2D eigenvalue weighted by Gasteiger charge is 2.21. The number of nitrogens with one attached hydrogen (secondary N) is 3. The molecule has 4 N–H and O–H groups in total. The lowest BCUT2D eigenvalue weighted by Crippen LogP contribution is -2.41. The Kier molecular flexibility index (Phi) is 6.32. The summed E-state index contributed by atoms with van der Waals surface area (Å²) in [6, 6.07) is 3.50. The summed E-state index contributed by atoms with van der Waals surface area (Å²) in [5.74, 6) is -0.639. The van der Waals surface area contributed by atoms with Gasteiger partial charge in [-0.1, -0.05) is 0 Å². The van der Waals surface area contributed by atoms with Gasteiger partial charge >= 0.3 is 6.03 Å². The van der Waals surface area contributed by atoms with Gasteiger partial charge < -0.3 is 10.1 Å². The summed E-state index contributed by atoms with van der Waals surface area (Å²) in [6.07, 6.45) is 1.42. The Labute approximate surface area is 161 Å². The second-order valence-electron chi connectivity index (χ2n) is 5.62. The Bertz CT molecular complexity index is 839. The highest BCUT2D eigenvalue weighted by atomic mass is 79.9. The van der Waals surface area contributed by atoms with Crippen LogP contribution in [0.25, 0.3) is 0 Å². The van der Waals surface area contributed by atoms with Gasteiger partial charge in [0.25, 0.3) is 0 Å². The lowest BCUT2D eigenvalue weighted by Gasteiger charge is -2.22. The first-order chi connectivity index (χ1) is 13.1. The van der Waals surface area contributed by atoms with Gasteiger partial charge in [-0.05, 0) is 57.3 Å². The van der Waals surface area contributed by atoms with Crippen LogP contribution < -0.4 is 16.1 Å². The number of nitrogens with zero attached hydrogens (tertiary/aromatic N) is 3. The lowest BCUT2D eigenvalue weighted by molar-refractivity contribution is 0.0806. The maximum atomic E-state index is 13.3. The molecule has 0 bridgehead atoms. The Morgan fingerprint density at radius 2 is 2.11 bits per heavy atom. The van der Waals surface area contributed by atoms with Gasteiger partial charge in [-0.2, -0.15) is 0 Å². The summed E-state index contributed by atoms with van der Waals surface area (Å²) in [7, 11) is 0. The maximum absolute atomic E-state index is 13.3. The molecular formula is C15H16BrFN6O4. The van der Waals surface area contributed by atoms with Crippen molar-refractivity contribution in [3.05, 3.63) is 34.2 Å². The van der Waals surface area contributed by atoms with E-state index in [2.05, 4.69) is 46.5 Å². The number of aromatic nitrogens is 2. The summed E-state index contributed by atoms with van der Waals surface area (Å²) < 4.78 is 23.4. The van der Waals surface area contributed by atoms with Crippen molar-refractivity contribution >= 4 is 39.3 Å². The van der Waals surface area contributed by atoms with Crippen LogP contribution in [0.2, 0.25) is 0 Å². The van der Waals surface area contributed by atoms with Crippen molar-refractivity contribution in [2.45, 2.75) is 18.9 Å². The molecule has 1 aliphatic heterocycles. The highest BCUT2D eigenvalue weighted by Crippen LogP contribution is 2.23. The zero-order valence-corrected chi connectivity index (χ0v) is 15.5. The van der Waals surface area contributed by atoms with Crippen LogP contribution in [0.4, 0.5) is 20.7 Å². The molecule has 2 heterocycles. The molecule has 0 atom stereocenters.